The number of fused-ring (bicyclic) bond motifs is 1. The molecule has 128 valence electrons. The van der Waals surface area contributed by atoms with Gasteiger partial charge in [0.05, 0.1) is 19.9 Å². The third-order valence-electron chi connectivity index (χ3n) is 4.41. The molecule has 0 aliphatic carbocycles. The van der Waals surface area contributed by atoms with Gasteiger partial charge in [0.15, 0.2) is 5.54 Å². The Morgan fingerprint density at radius 1 is 0.920 bits per heavy atom. The summed E-state index contributed by atoms with van der Waals surface area (Å²) in [4.78, 5) is 12.8. The molecule has 4 heteroatoms. The van der Waals surface area contributed by atoms with Crippen molar-refractivity contribution < 1.29 is 14.3 Å². The molecule has 3 aromatic carbocycles. The molecular formula is C21H21NO3. The highest BCUT2D eigenvalue weighted by molar-refractivity contribution is 5.95. The molecule has 0 amide bonds. The van der Waals surface area contributed by atoms with Gasteiger partial charge < -0.3 is 14.8 Å². The number of methoxy groups -OCH3 is 2. The Kier molecular flexibility index (Phi) is 4.61. The molecule has 0 fully saturated rings. The number of nitrogens with one attached hydrogen (secondary N) is 1. The molecule has 0 bridgehead atoms. The molecule has 0 aliphatic rings. The van der Waals surface area contributed by atoms with E-state index in [4.69, 9.17) is 9.47 Å². The van der Waals surface area contributed by atoms with Crippen molar-refractivity contribution in [2.45, 2.75) is 12.5 Å². The third-order valence-corrected chi connectivity index (χ3v) is 4.41. The predicted molar refractivity (Wildman–Crippen MR) is 99.9 cm³/mol. The summed E-state index contributed by atoms with van der Waals surface area (Å²) < 4.78 is 10.5. The van der Waals surface area contributed by atoms with Gasteiger partial charge in [-0.1, -0.05) is 54.6 Å². The molecule has 0 spiro atoms. The van der Waals surface area contributed by atoms with Gasteiger partial charge in [-0.15, -0.1) is 0 Å². The first-order valence-electron chi connectivity index (χ1n) is 8.08. The molecule has 25 heavy (non-hydrogen) atoms. The topological polar surface area (TPSA) is 47.6 Å². The maximum atomic E-state index is 12.8. The lowest BCUT2D eigenvalue weighted by Crippen LogP contribution is -2.41. The first-order valence-corrected chi connectivity index (χ1v) is 8.08. The molecule has 0 unspecified atom stereocenters. The third kappa shape index (κ3) is 3.03. The van der Waals surface area contributed by atoms with Crippen LogP contribution in [0.1, 0.15) is 12.5 Å². The summed E-state index contributed by atoms with van der Waals surface area (Å²) in [6.07, 6.45) is 0. The molecule has 0 saturated heterocycles. The van der Waals surface area contributed by atoms with Gasteiger partial charge in [0.1, 0.15) is 5.75 Å². The van der Waals surface area contributed by atoms with E-state index >= 15 is 0 Å². The summed E-state index contributed by atoms with van der Waals surface area (Å²) in [6.45, 7) is 1.83. The van der Waals surface area contributed by atoms with Crippen LogP contribution in [-0.4, -0.2) is 20.2 Å². The number of esters is 1. The van der Waals surface area contributed by atoms with Gasteiger partial charge in [-0.25, -0.2) is 4.79 Å². The number of hydrogen-bond acceptors (Lipinski definition) is 4. The first kappa shape index (κ1) is 16.8. The van der Waals surface area contributed by atoms with Crippen molar-refractivity contribution in [2.24, 2.45) is 0 Å². The zero-order chi connectivity index (χ0) is 17.9. The largest absolute Gasteiger partial charge is 0.495 e. The van der Waals surface area contributed by atoms with Crippen LogP contribution in [0.5, 0.6) is 5.75 Å². The smallest absolute Gasteiger partial charge is 0.335 e. The second-order valence-corrected chi connectivity index (χ2v) is 5.97. The van der Waals surface area contributed by atoms with Crippen molar-refractivity contribution >= 4 is 22.4 Å². The average molecular weight is 335 g/mol. The number of anilines is 1. The Bertz CT molecular complexity index is 901. The van der Waals surface area contributed by atoms with Crippen LogP contribution in [0.25, 0.3) is 10.8 Å². The van der Waals surface area contributed by atoms with Crippen molar-refractivity contribution in [1.29, 1.82) is 0 Å². The van der Waals surface area contributed by atoms with E-state index in [9.17, 15) is 4.79 Å². The SMILES string of the molecule is COC(=O)[C@](C)(Nc1ccccc1OC)c1cccc2ccccc12. The fraction of sp³-hybridized carbons (Fsp3) is 0.190. The Balaban J connectivity index is 2.18. The lowest BCUT2D eigenvalue weighted by Gasteiger charge is -2.31. The lowest BCUT2D eigenvalue weighted by atomic mass is 9.87. The highest BCUT2D eigenvalue weighted by atomic mass is 16.5. The second kappa shape index (κ2) is 6.85. The summed E-state index contributed by atoms with van der Waals surface area (Å²) in [5.74, 6) is 0.299. The number of para-hydroxylation sites is 2. The van der Waals surface area contributed by atoms with E-state index < -0.39 is 5.54 Å². The number of hydrogen-bond donors (Lipinski definition) is 1. The first-order chi connectivity index (χ1) is 12.1. The molecule has 0 aliphatic heterocycles. The Labute approximate surface area is 147 Å². The molecule has 0 saturated carbocycles. The van der Waals surface area contributed by atoms with E-state index in [2.05, 4.69) is 5.32 Å². The van der Waals surface area contributed by atoms with Gasteiger partial charge in [-0.05, 0) is 35.4 Å². The zero-order valence-electron chi connectivity index (χ0n) is 14.6. The maximum absolute atomic E-state index is 12.8. The van der Waals surface area contributed by atoms with Crippen molar-refractivity contribution in [3.8, 4) is 5.75 Å². The number of rotatable bonds is 5. The van der Waals surface area contributed by atoms with Gasteiger partial charge >= 0.3 is 5.97 Å². The highest BCUT2D eigenvalue weighted by Gasteiger charge is 2.38. The van der Waals surface area contributed by atoms with Crippen molar-refractivity contribution in [3.63, 3.8) is 0 Å². The van der Waals surface area contributed by atoms with E-state index in [0.717, 1.165) is 22.0 Å². The van der Waals surface area contributed by atoms with Crippen molar-refractivity contribution in [1.82, 2.24) is 0 Å². The molecular weight excluding hydrogens is 314 g/mol. The fourth-order valence-electron chi connectivity index (χ4n) is 3.11. The monoisotopic (exact) mass is 335 g/mol. The number of benzene rings is 3. The van der Waals surface area contributed by atoms with Gasteiger partial charge in [-0.3, -0.25) is 0 Å². The van der Waals surface area contributed by atoms with Crippen LogP contribution in [0.15, 0.2) is 66.7 Å². The summed E-state index contributed by atoms with van der Waals surface area (Å²) in [6, 6.07) is 21.4. The van der Waals surface area contributed by atoms with Gasteiger partial charge in [-0.2, -0.15) is 0 Å². The predicted octanol–water partition coefficient (Wildman–Crippen LogP) is 4.35. The van der Waals surface area contributed by atoms with Gasteiger partial charge in [0.25, 0.3) is 0 Å². The van der Waals surface area contributed by atoms with Crippen LogP contribution in [0, 0.1) is 0 Å². The van der Waals surface area contributed by atoms with Gasteiger partial charge in [0, 0.05) is 0 Å². The molecule has 0 heterocycles. The van der Waals surface area contributed by atoms with Crippen LogP contribution in [0.3, 0.4) is 0 Å². The summed E-state index contributed by atoms with van der Waals surface area (Å²) in [5, 5.41) is 5.40. The van der Waals surface area contributed by atoms with Crippen LogP contribution in [0.4, 0.5) is 5.69 Å². The van der Waals surface area contributed by atoms with Crippen LogP contribution < -0.4 is 10.1 Å². The minimum absolute atomic E-state index is 0.366. The standard InChI is InChI=1S/C21H21NO3/c1-21(20(23)25-3,22-18-13-6-7-14-19(18)24-2)17-12-8-10-15-9-4-5-11-16(15)17/h4-14,22H,1-3H3/t21-/m1/s1. The van der Waals surface area contributed by atoms with E-state index in [1.54, 1.807) is 7.11 Å². The number of carbonyl (C=O) groups is 1. The van der Waals surface area contributed by atoms with Crippen LogP contribution in [-0.2, 0) is 15.1 Å². The minimum Gasteiger partial charge on any atom is -0.495 e. The fourth-order valence-corrected chi connectivity index (χ4v) is 3.11. The van der Waals surface area contributed by atoms with E-state index in [1.807, 2.05) is 73.7 Å². The molecule has 0 radical (unpaired) electrons. The quantitative estimate of drug-likeness (QED) is 0.704. The van der Waals surface area contributed by atoms with E-state index in [0.29, 0.717) is 5.75 Å². The van der Waals surface area contributed by atoms with E-state index in [1.165, 1.54) is 7.11 Å². The Hall–Kier alpha value is -3.01. The average Bonchev–Trinajstić information content (AvgIpc) is 2.67. The summed E-state index contributed by atoms with van der Waals surface area (Å²) in [7, 11) is 3.00. The lowest BCUT2D eigenvalue weighted by molar-refractivity contribution is -0.145. The van der Waals surface area contributed by atoms with Gasteiger partial charge in [0.2, 0.25) is 0 Å². The van der Waals surface area contributed by atoms with E-state index in [-0.39, 0.29) is 5.97 Å². The maximum Gasteiger partial charge on any atom is 0.335 e. The minimum atomic E-state index is -1.07. The molecule has 4 nitrogen and oxygen atoms in total. The molecule has 3 aromatic rings. The van der Waals surface area contributed by atoms with Crippen LogP contribution >= 0.6 is 0 Å². The molecule has 3 rings (SSSR count). The summed E-state index contributed by atoms with van der Waals surface area (Å²) >= 11 is 0. The normalized spacial score (nSPS) is 13.1. The zero-order valence-corrected chi connectivity index (χ0v) is 14.6. The van der Waals surface area contributed by atoms with Crippen molar-refractivity contribution in [2.75, 3.05) is 19.5 Å². The Morgan fingerprint density at radius 2 is 1.60 bits per heavy atom. The summed E-state index contributed by atoms with van der Waals surface area (Å²) in [5.41, 5.74) is 0.513. The van der Waals surface area contributed by atoms with Crippen LogP contribution in [0.2, 0.25) is 0 Å². The number of carbonyl (C=O) groups excluding carboxylic acids is 1. The second-order valence-electron chi connectivity index (χ2n) is 5.97. The molecule has 1 N–H and O–H groups in total. The Morgan fingerprint density at radius 3 is 2.36 bits per heavy atom. The molecule has 1 atom stereocenters. The molecule has 0 aromatic heterocycles. The highest BCUT2D eigenvalue weighted by Crippen LogP contribution is 2.35. The van der Waals surface area contributed by atoms with Crippen molar-refractivity contribution in [3.05, 3.63) is 72.3 Å². The number of ether oxygens (including phenoxy) is 2.